The van der Waals surface area contributed by atoms with Crippen molar-refractivity contribution in [3.05, 3.63) is 12.7 Å². The van der Waals surface area contributed by atoms with Crippen LogP contribution in [0.15, 0.2) is 12.7 Å². The maximum Gasteiger partial charge on any atom is 0.136 e. The molecule has 4 fully saturated rings. The van der Waals surface area contributed by atoms with Crippen molar-refractivity contribution in [3.63, 3.8) is 0 Å². The Hall–Kier alpha value is -0.590. The highest BCUT2D eigenvalue weighted by molar-refractivity contribution is 5.82. The molecule has 0 aromatic rings. The van der Waals surface area contributed by atoms with E-state index in [1.807, 2.05) is 0 Å². The molecule has 4 aliphatic carbocycles. The lowest BCUT2D eigenvalue weighted by Crippen LogP contribution is -2.54. The van der Waals surface area contributed by atoms with E-state index in [0.717, 1.165) is 36.5 Å². The number of hydrogen-bond acceptors (Lipinski definition) is 1. The lowest BCUT2D eigenvalue weighted by molar-refractivity contribution is -0.147. The molecular weight excluding hydrogens is 268 g/mol. The molecule has 0 N–H and O–H groups in total. The van der Waals surface area contributed by atoms with Crippen molar-refractivity contribution < 1.29 is 4.79 Å². The molecule has 0 aromatic heterocycles. The Labute approximate surface area is 135 Å². The minimum atomic E-state index is 0.325. The number of carbonyl (C=O) groups is 1. The summed E-state index contributed by atoms with van der Waals surface area (Å²) in [6.07, 6.45) is 13.5. The molecule has 0 aliphatic heterocycles. The lowest BCUT2D eigenvalue weighted by atomic mass is 9.44. The molecule has 1 nitrogen and oxygen atoms in total. The molecule has 0 heterocycles. The molecule has 4 rings (SSSR count). The second kappa shape index (κ2) is 4.95. The highest BCUT2D eigenvalue weighted by atomic mass is 16.1. The third-order valence-corrected chi connectivity index (χ3v) is 8.75. The standard InChI is InChI=1S/C21H32O/c1-4-14-7-9-16-15-8-10-18-19(22)6-5-12-21(18,3)17(15)11-13-20(14,16)2/h4,14-18H,1,5-13H2,2-3H3/t14-,15-,16-,17-,18?,20+,21+/m0/s1. The van der Waals surface area contributed by atoms with Crippen LogP contribution in [0.5, 0.6) is 0 Å². The van der Waals surface area contributed by atoms with Gasteiger partial charge in [-0.15, -0.1) is 6.58 Å². The molecule has 0 bridgehead atoms. The molecule has 122 valence electrons. The third-order valence-electron chi connectivity index (χ3n) is 8.75. The number of Topliss-reactive ketones (excluding diaryl/α,β-unsaturated/α-hetero) is 1. The zero-order valence-electron chi connectivity index (χ0n) is 14.4. The number of rotatable bonds is 1. The minimum Gasteiger partial charge on any atom is -0.299 e. The van der Waals surface area contributed by atoms with E-state index in [4.69, 9.17) is 0 Å². The van der Waals surface area contributed by atoms with Crippen LogP contribution in [0.25, 0.3) is 0 Å². The predicted octanol–water partition coefficient (Wildman–Crippen LogP) is 5.40. The largest absolute Gasteiger partial charge is 0.299 e. The molecule has 4 saturated carbocycles. The van der Waals surface area contributed by atoms with E-state index in [2.05, 4.69) is 26.5 Å². The van der Waals surface area contributed by atoms with Crippen molar-refractivity contribution in [1.82, 2.24) is 0 Å². The Kier molecular flexibility index (Phi) is 3.37. The predicted molar refractivity (Wildman–Crippen MR) is 90.4 cm³/mol. The highest BCUT2D eigenvalue weighted by Gasteiger charge is 2.60. The molecule has 0 radical (unpaired) electrons. The van der Waals surface area contributed by atoms with Gasteiger partial charge in [0.1, 0.15) is 5.78 Å². The second-order valence-corrected chi connectivity index (χ2v) is 9.30. The van der Waals surface area contributed by atoms with Gasteiger partial charge in [-0.2, -0.15) is 0 Å². The van der Waals surface area contributed by atoms with E-state index in [0.29, 0.717) is 22.5 Å². The first-order chi connectivity index (χ1) is 10.5. The quantitative estimate of drug-likeness (QED) is 0.592. The summed E-state index contributed by atoms with van der Waals surface area (Å²) in [5.41, 5.74) is 0.830. The van der Waals surface area contributed by atoms with Crippen LogP contribution in [0.1, 0.15) is 71.6 Å². The third kappa shape index (κ3) is 1.80. The van der Waals surface area contributed by atoms with Gasteiger partial charge in [-0.3, -0.25) is 4.79 Å². The number of ketones is 1. The Balaban J connectivity index is 1.66. The molecule has 1 heteroatoms. The zero-order valence-corrected chi connectivity index (χ0v) is 14.4. The topological polar surface area (TPSA) is 17.1 Å². The summed E-state index contributed by atoms with van der Waals surface area (Å²) in [5.74, 6) is 4.31. The van der Waals surface area contributed by atoms with Crippen molar-refractivity contribution >= 4 is 5.78 Å². The Morgan fingerprint density at radius 2 is 1.77 bits per heavy atom. The van der Waals surface area contributed by atoms with Gasteiger partial charge in [-0.1, -0.05) is 19.9 Å². The fourth-order valence-corrected chi connectivity index (χ4v) is 7.59. The fraction of sp³-hybridized carbons (Fsp3) is 0.857. The van der Waals surface area contributed by atoms with Crippen molar-refractivity contribution in [2.45, 2.75) is 71.6 Å². The molecule has 0 amide bonds. The number of hydrogen-bond donors (Lipinski definition) is 0. The summed E-state index contributed by atoms with van der Waals surface area (Å²) < 4.78 is 0. The van der Waals surface area contributed by atoms with Gasteiger partial charge in [0, 0.05) is 12.3 Å². The van der Waals surface area contributed by atoms with Crippen LogP contribution in [0, 0.1) is 40.4 Å². The minimum absolute atomic E-state index is 0.325. The monoisotopic (exact) mass is 300 g/mol. The first-order valence-electron chi connectivity index (χ1n) is 9.66. The second-order valence-electron chi connectivity index (χ2n) is 9.30. The molecule has 4 aliphatic rings. The maximum atomic E-state index is 12.5. The smallest absolute Gasteiger partial charge is 0.136 e. The van der Waals surface area contributed by atoms with Crippen LogP contribution in [0.4, 0.5) is 0 Å². The summed E-state index contributed by atoms with van der Waals surface area (Å²) in [6, 6.07) is 0. The number of carbonyl (C=O) groups excluding carboxylic acids is 1. The van der Waals surface area contributed by atoms with Crippen molar-refractivity contribution in [2.75, 3.05) is 0 Å². The van der Waals surface area contributed by atoms with Crippen molar-refractivity contribution in [2.24, 2.45) is 40.4 Å². The zero-order chi connectivity index (χ0) is 15.5. The maximum absolute atomic E-state index is 12.5. The average molecular weight is 300 g/mol. The van der Waals surface area contributed by atoms with Gasteiger partial charge in [0.2, 0.25) is 0 Å². The SMILES string of the molecule is C=C[C@H]1CC[C@H]2[C@@H]3CCC4C(=O)CCC[C@]4(C)[C@H]3CC[C@]12C. The van der Waals surface area contributed by atoms with Gasteiger partial charge in [0.25, 0.3) is 0 Å². The molecule has 0 aromatic carbocycles. The van der Waals surface area contributed by atoms with Crippen LogP contribution in [0.2, 0.25) is 0 Å². The Morgan fingerprint density at radius 3 is 2.55 bits per heavy atom. The molecule has 7 atom stereocenters. The van der Waals surface area contributed by atoms with E-state index in [1.54, 1.807) is 0 Å². The Bertz CT molecular complexity index is 494. The lowest BCUT2D eigenvalue weighted by Gasteiger charge is -2.59. The molecule has 22 heavy (non-hydrogen) atoms. The summed E-state index contributed by atoms with van der Waals surface area (Å²) in [6.45, 7) is 9.16. The molecule has 1 unspecified atom stereocenters. The van der Waals surface area contributed by atoms with Gasteiger partial charge in [0.15, 0.2) is 0 Å². The van der Waals surface area contributed by atoms with Gasteiger partial charge in [-0.25, -0.2) is 0 Å². The van der Waals surface area contributed by atoms with E-state index >= 15 is 0 Å². The molecule has 0 spiro atoms. The van der Waals surface area contributed by atoms with E-state index in [1.165, 1.54) is 44.9 Å². The molecular formula is C21H32O. The van der Waals surface area contributed by atoms with E-state index in [-0.39, 0.29) is 0 Å². The van der Waals surface area contributed by atoms with E-state index in [9.17, 15) is 4.79 Å². The van der Waals surface area contributed by atoms with E-state index < -0.39 is 0 Å². The van der Waals surface area contributed by atoms with Crippen LogP contribution >= 0.6 is 0 Å². The van der Waals surface area contributed by atoms with Gasteiger partial charge in [-0.05, 0) is 85.9 Å². The van der Waals surface area contributed by atoms with Crippen molar-refractivity contribution in [3.8, 4) is 0 Å². The summed E-state index contributed by atoms with van der Waals surface area (Å²) in [5, 5.41) is 0. The van der Waals surface area contributed by atoms with Crippen LogP contribution in [0.3, 0.4) is 0 Å². The summed E-state index contributed by atoms with van der Waals surface area (Å²) in [7, 11) is 0. The fourth-order valence-electron chi connectivity index (χ4n) is 7.59. The normalized spacial score (nSPS) is 54.3. The summed E-state index contributed by atoms with van der Waals surface area (Å²) >= 11 is 0. The first kappa shape index (κ1) is 15.0. The van der Waals surface area contributed by atoms with Crippen LogP contribution < -0.4 is 0 Å². The van der Waals surface area contributed by atoms with Gasteiger partial charge < -0.3 is 0 Å². The average Bonchev–Trinajstić information content (AvgIpc) is 2.83. The Morgan fingerprint density at radius 1 is 1.00 bits per heavy atom. The highest BCUT2D eigenvalue weighted by Crippen LogP contribution is 2.67. The van der Waals surface area contributed by atoms with Crippen LogP contribution in [-0.2, 0) is 4.79 Å². The van der Waals surface area contributed by atoms with Gasteiger partial charge in [0.05, 0.1) is 0 Å². The molecule has 0 saturated heterocycles. The number of allylic oxidation sites excluding steroid dienone is 1. The summed E-state index contributed by atoms with van der Waals surface area (Å²) in [4.78, 5) is 12.5. The number of fused-ring (bicyclic) bond motifs is 5. The van der Waals surface area contributed by atoms with Gasteiger partial charge >= 0.3 is 0 Å². The van der Waals surface area contributed by atoms with Crippen molar-refractivity contribution in [1.29, 1.82) is 0 Å². The van der Waals surface area contributed by atoms with Crippen LogP contribution in [-0.4, -0.2) is 5.78 Å². The first-order valence-corrected chi connectivity index (χ1v) is 9.66.